The van der Waals surface area contributed by atoms with Crippen LogP contribution >= 0.6 is 0 Å². The lowest BCUT2D eigenvalue weighted by atomic mass is 9.90. The molecule has 0 aliphatic heterocycles. The number of aliphatic hydroxyl groups is 2. The van der Waals surface area contributed by atoms with Crippen molar-refractivity contribution in [1.82, 2.24) is 9.55 Å². The molecule has 4 N–H and O–H groups in total. The van der Waals surface area contributed by atoms with E-state index in [1.54, 1.807) is 12.2 Å². The van der Waals surface area contributed by atoms with Gasteiger partial charge >= 0.3 is 5.69 Å². The van der Waals surface area contributed by atoms with Crippen LogP contribution in [0.15, 0.2) is 23.1 Å². The van der Waals surface area contributed by atoms with Crippen molar-refractivity contribution in [3.8, 4) is 0 Å². The Kier molecular flexibility index (Phi) is 3.44. The Labute approximate surface area is 102 Å². The molecule has 0 spiro atoms. The minimum Gasteiger partial charge on any atom is -0.396 e. The first-order valence-electron chi connectivity index (χ1n) is 5.54. The minimum absolute atomic E-state index is 0.173. The second-order valence-corrected chi connectivity index (χ2v) is 4.27. The van der Waals surface area contributed by atoms with Gasteiger partial charge in [0.25, 0.3) is 0 Å². The van der Waals surface area contributed by atoms with Crippen LogP contribution in [0.25, 0.3) is 0 Å². The number of hydrogen-bond donors (Lipinski definition) is 3. The molecule has 0 fully saturated rings. The molecule has 6 nitrogen and oxygen atoms in total. The van der Waals surface area contributed by atoms with Crippen LogP contribution in [-0.4, -0.2) is 32.5 Å². The van der Waals surface area contributed by atoms with Gasteiger partial charge in [-0.1, -0.05) is 12.2 Å². The third kappa shape index (κ3) is 2.27. The lowest BCUT2D eigenvalue weighted by molar-refractivity contribution is 0.0692. The predicted octanol–water partition coefficient (Wildman–Crippen LogP) is -0.565. The summed E-state index contributed by atoms with van der Waals surface area (Å²) in [5.74, 6) is -1.57. The summed E-state index contributed by atoms with van der Waals surface area (Å²) in [5.41, 5.74) is 4.52. The van der Waals surface area contributed by atoms with Crippen molar-refractivity contribution < 1.29 is 14.6 Å². The van der Waals surface area contributed by atoms with Crippen LogP contribution in [0.3, 0.4) is 0 Å². The highest BCUT2D eigenvalue weighted by Crippen LogP contribution is 2.25. The highest BCUT2D eigenvalue weighted by atomic mass is 19.1. The number of allylic oxidation sites excluding steroid dienone is 1. The number of nitrogens with zero attached hydrogens (tertiary/aromatic N) is 2. The zero-order chi connectivity index (χ0) is 13.3. The average Bonchev–Trinajstić information content (AvgIpc) is 2.33. The van der Waals surface area contributed by atoms with Crippen LogP contribution in [0, 0.1) is 11.7 Å². The van der Waals surface area contributed by atoms with Crippen LogP contribution in [0.1, 0.15) is 12.5 Å². The summed E-state index contributed by atoms with van der Waals surface area (Å²) in [4.78, 5) is 14.9. The third-order valence-electron chi connectivity index (χ3n) is 3.06. The molecule has 0 bridgehead atoms. The highest BCUT2D eigenvalue weighted by Gasteiger charge is 2.26. The van der Waals surface area contributed by atoms with Crippen LogP contribution in [0.5, 0.6) is 0 Å². The van der Waals surface area contributed by atoms with Gasteiger partial charge in [0, 0.05) is 12.1 Å². The van der Waals surface area contributed by atoms with Crippen molar-refractivity contribution in [2.24, 2.45) is 5.92 Å². The number of rotatable bonds is 2. The number of aromatic nitrogens is 2. The van der Waals surface area contributed by atoms with E-state index in [4.69, 9.17) is 10.8 Å². The quantitative estimate of drug-likeness (QED) is 0.615. The molecule has 18 heavy (non-hydrogen) atoms. The average molecular weight is 255 g/mol. The van der Waals surface area contributed by atoms with Gasteiger partial charge in [-0.05, 0) is 6.42 Å². The first kappa shape index (κ1) is 12.7. The van der Waals surface area contributed by atoms with E-state index in [1.807, 2.05) is 0 Å². The van der Waals surface area contributed by atoms with Crippen LogP contribution < -0.4 is 11.4 Å². The van der Waals surface area contributed by atoms with Crippen molar-refractivity contribution >= 4 is 5.82 Å². The summed E-state index contributed by atoms with van der Waals surface area (Å²) < 4.78 is 14.4. The third-order valence-corrected chi connectivity index (χ3v) is 3.06. The number of nitrogens with two attached hydrogens (primary N) is 1. The topological polar surface area (TPSA) is 101 Å². The molecule has 1 aliphatic rings. The minimum atomic E-state index is -0.780. The highest BCUT2D eigenvalue weighted by molar-refractivity contribution is 5.26. The van der Waals surface area contributed by atoms with Crippen LogP contribution in [-0.2, 0) is 0 Å². The fourth-order valence-electron chi connectivity index (χ4n) is 1.98. The Morgan fingerprint density at radius 2 is 2.28 bits per heavy atom. The zero-order valence-corrected chi connectivity index (χ0v) is 9.53. The van der Waals surface area contributed by atoms with Gasteiger partial charge in [0.05, 0.1) is 18.8 Å². The lowest BCUT2D eigenvalue weighted by Gasteiger charge is -2.27. The zero-order valence-electron chi connectivity index (χ0n) is 9.53. The molecule has 98 valence electrons. The van der Waals surface area contributed by atoms with E-state index >= 15 is 0 Å². The number of nitrogen functional groups attached to an aromatic ring is 1. The standard InChI is InChI=1S/C11H14FN3O3/c12-8-4-15(11(18)14-10(8)13)7-2-1-6(5-16)9(17)3-7/h1-2,4,6-7,9,16-17H,3,5H2,(H2,13,14,18)/t6-,7-,9+/m1/s1. The maximum atomic E-state index is 13.3. The molecule has 1 heterocycles. The van der Waals surface area contributed by atoms with E-state index in [2.05, 4.69) is 4.98 Å². The summed E-state index contributed by atoms with van der Waals surface area (Å²) in [5, 5.41) is 18.7. The van der Waals surface area contributed by atoms with E-state index in [1.165, 1.54) is 0 Å². The monoisotopic (exact) mass is 255 g/mol. The van der Waals surface area contributed by atoms with Gasteiger partial charge in [0.2, 0.25) is 0 Å². The molecule has 2 rings (SSSR count). The van der Waals surface area contributed by atoms with Gasteiger partial charge in [-0.2, -0.15) is 4.98 Å². The Hall–Kier alpha value is -1.73. The molecule has 3 atom stereocenters. The van der Waals surface area contributed by atoms with E-state index in [-0.39, 0.29) is 18.9 Å². The predicted molar refractivity (Wildman–Crippen MR) is 62.2 cm³/mol. The number of hydrogen-bond acceptors (Lipinski definition) is 5. The van der Waals surface area contributed by atoms with E-state index < -0.39 is 29.5 Å². The molecule has 0 saturated carbocycles. The summed E-state index contributed by atoms with van der Waals surface area (Å²) >= 11 is 0. The largest absolute Gasteiger partial charge is 0.396 e. The molecule has 0 amide bonds. The maximum absolute atomic E-state index is 13.3. The van der Waals surface area contributed by atoms with Crippen molar-refractivity contribution in [2.75, 3.05) is 12.3 Å². The Morgan fingerprint density at radius 3 is 2.89 bits per heavy atom. The number of anilines is 1. The fourth-order valence-corrected chi connectivity index (χ4v) is 1.98. The van der Waals surface area contributed by atoms with Gasteiger partial charge in [-0.3, -0.25) is 4.57 Å². The summed E-state index contributed by atoms with van der Waals surface area (Å²) in [6, 6.07) is -0.488. The first-order chi connectivity index (χ1) is 8.52. The first-order valence-corrected chi connectivity index (χ1v) is 5.54. The van der Waals surface area contributed by atoms with Gasteiger partial charge in [-0.15, -0.1) is 0 Å². The molecule has 0 radical (unpaired) electrons. The SMILES string of the molecule is Nc1nc(=O)n([C@@H]2C=C[C@H](CO)[C@@H](O)C2)cc1F. The summed E-state index contributed by atoms with van der Waals surface area (Å²) in [6.45, 7) is -0.173. The normalized spacial score (nSPS) is 27.4. The van der Waals surface area contributed by atoms with E-state index in [0.717, 1.165) is 10.8 Å². The molecule has 1 aromatic rings. The van der Waals surface area contributed by atoms with Gasteiger partial charge in [0.1, 0.15) is 0 Å². The Bertz CT molecular complexity index is 529. The number of aliphatic hydroxyl groups excluding tert-OH is 2. The van der Waals surface area contributed by atoms with Crippen LogP contribution in [0.2, 0.25) is 0 Å². The molecular weight excluding hydrogens is 241 g/mol. The smallest absolute Gasteiger partial charge is 0.350 e. The summed E-state index contributed by atoms with van der Waals surface area (Å²) in [6.07, 6.45) is 3.67. The van der Waals surface area contributed by atoms with Gasteiger partial charge in [-0.25, -0.2) is 9.18 Å². The molecule has 7 heteroatoms. The Balaban J connectivity index is 2.34. The lowest BCUT2D eigenvalue weighted by Crippen LogP contribution is -2.34. The van der Waals surface area contributed by atoms with Crippen molar-refractivity contribution in [1.29, 1.82) is 0 Å². The molecule has 0 saturated heterocycles. The molecule has 0 aromatic carbocycles. The fraction of sp³-hybridized carbons (Fsp3) is 0.455. The maximum Gasteiger partial charge on any atom is 0.350 e. The second-order valence-electron chi connectivity index (χ2n) is 4.27. The molecular formula is C11H14FN3O3. The van der Waals surface area contributed by atoms with Crippen molar-refractivity contribution in [2.45, 2.75) is 18.6 Å². The van der Waals surface area contributed by atoms with E-state index in [0.29, 0.717) is 0 Å². The molecule has 1 aromatic heterocycles. The summed E-state index contributed by atoms with van der Waals surface area (Å²) in [7, 11) is 0. The van der Waals surface area contributed by atoms with Crippen LogP contribution in [0.4, 0.5) is 10.2 Å². The Morgan fingerprint density at radius 1 is 1.56 bits per heavy atom. The van der Waals surface area contributed by atoms with E-state index in [9.17, 15) is 14.3 Å². The second kappa shape index (κ2) is 4.87. The van der Waals surface area contributed by atoms with Crippen molar-refractivity contribution in [3.05, 3.63) is 34.7 Å². The molecule has 0 unspecified atom stereocenters. The van der Waals surface area contributed by atoms with Crippen molar-refractivity contribution in [3.63, 3.8) is 0 Å². The molecule has 1 aliphatic carbocycles. The number of halogens is 1. The van der Waals surface area contributed by atoms with Gasteiger partial charge < -0.3 is 15.9 Å². The van der Waals surface area contributed by atoms with Gasteiger partial charge in [0.15, 0.2) is 11.6 Å².